The Morgan fingerprint density at radius 2 is 1.82 bits per heavy atom. The molecule has 0 unspecified atom stereocenters. The molecule has 2 atom stereocenters. The average molecular weight is 689 g/mol. The number of nitriles is 1. The summed E-state index contributed by atoms with van der Waals surface area (Å²) in [7, 11) is -4.46. The summed E-state index contributed by atoms with van der Waals surface area (Å²) < 4.78 is 86.6. The van der Waals surface area contributed by atoms with E-state index in [4.69, 9.17) is 9.15 Å². The number of anilines is 1. The lowest BCUT2D eigenvalue weighted by molar-refractivity contribution is -0.154. The third-order valence-corrected chi connectivity index (χ3v) is 11.4. The van der Waals surface area contributed by atoms with Gasteiger partial charge in [-0.15, -0.1) is 0 Å². The number of fused-ring (bicyclic) bond motifs is 4. The minimum atomic E-state index is -4.46. The first-order chi connectivity index (χ1) is 23.5. The maximum atomic E-state index is 16.7. The van der Waals surface area contributed by atoms with Gasteiger partial charge in [-0.05, 0) is 81.7 Å². The molecule has 3 heterocycles. The van der Waals surface area contributed by atoms with E-state index < -0.39 is 50.9 Å². The van der Waals surface area contributed by atoms with E-state index in [0.717, 1.165) is 43.5 Å². The fraction of sp³-hybridized carbons (Fsp3) is 0.306. The zero-order valence-electron chi connectivity index (χ0n) is 26.5. The number of ether oxygens (including phenoxy) is 1. The second-order valence-electron chi connectivity index (χ2n) is 12.5. The Morgan fingerprint density at radius 3 is 2.47 bits per heavy atom. The van der Waals surface area contributed by atoms with Gasteiger partial charge in [-0.2, -0.15) is 5.26 Å². The largest absolute Gasteiger partial charge is 0.466 e. The number of aryl methyl sites for hydroxylation is 1. The number of esters is 1. The van der Waals surface area contributed by atoms with Crippen molar-refractivity contribution in [3.8, 4) is 28.7 Å². The maximum Gasteiger partial charge on any atom is 0.311 e. The Bertz CT molecular complexity index is 2240. The van der Waals surface area contributed by atoms with Crippen molar-refractivity contribution in [3.05, 3.63) is 89.6 Å². The van der Waals surface area contributed by atoms with Gasteiger partial charge in [-0.1, -0.05) is 17.7 Å². The lowest BCUT2D eigenvalue weighted by Crippen LogP contribution is -2.52. The molecule has 252 valence electrons. The van der Waals surface area contributed by atoms with Crippen LogP contribution in [0.4, 0.5) is 19.0 Å². The number of halogens is 3. The SMILES string of the molecule is CCOC(=O)[C@H]1C2CCC(CC2)[C@@H]1Nc1nc(-c2cn(S(=O)(=O)c3ccc(C)cc3)c3c(F)cc(F)cc23)c(C#N)c(-c2ccco2)c1F. The number of furan rings is 1. The quantitative estimate of drug-likeness (QED) is 0.165. The van der Waals surface area contributed by atoms with Gasteiger partial charge < -0.3 is 14.5 Å². The summed E-state index contributed by atoms with van der Waals surface area (Å²) in [4.78, 5) is 17.6. The molecule has 49 heavy (non-hydrogen) atoms. The highest BCUT2D eigenvalue weighted by molar-refractivity contribution is 7.90. The first-order valence-electron chi connectivity index (χ1n) is 16.0. The van der Waals surface area contributed by atoms with Gasteiger partial charge in [0.15, 0.2) is 17.5 Å². The Morgan fingerprint density at radius 1 is 1.10 bits per heavy atom. The molecule has 0 amide bonds. The van der Waals surface area contributed by atoms with Crippen molar-refractivity contribution in [2.24, 2.45) is 17.8 Å². The molecule has 0 spiro atoms. The molecular weight excluding hydrogens is 657 g/mol. The minimum Gasteiger partial charge on any atom is -0.466 e. The standard InChI is InChI=1S/C36H31F3N4O5S/c1-3-47-36(44)29-20-8-10-21(11-9-20)32(29)41-35-31(39)30(28-5-4-14-48-28)25(17-40)33(42-35)26-18-43(34-24(26)15-22(37)16-27(34)38)49(45,46)23-12-6-19(2)7-13-23/h4-7,12-16,18,20-21,29,32H,3,8-11H2,1-2H3,(H,41,42)/t20?,21?,29-,32-/m0/s1. The van der Waals surface area contributed by atoms with Crippen LogP contribution in [-0.2, 0) is 19.6 Å². The zero-order chi connectivity index (χ0) is 34.6. The highest BCUT2D eigenvalue weighted by Crippen LogP contribution is 2.48. The number of carbonyl (C=O) groups is 1. The van der Waals surface area contributed by atoms with Gasteiger partial charge in [0, 0.05) is 29.3 Å². The number of rotatable bonds is 8. The lowest BCUT2D eigenvalue weighted by atomic mass is 9.61. The molecule has 13 heteroatoms. The second-order valence-corrected chi connectivity index (χ2v) is 14.3. The molecule has 0 saturated heterocycles. The third-order valence-electron chi connectivity index (χ3n) is 9.72. The molecule has 3 aliphatic carbocycles. The van der Waals surface area contributed by atoms with E-state index >= 15 is 8.78 Å². The van der Waals surface area contributed by atoms with Crippen molar-refractivity contribution in [2.45, 2.75) is 50.5 Å². The monoisotopic (exact) mass is 688 g/mol. The molecule has 3 fully saturated rings. The molecular formula is C36H31F3N4O5S. The summed E-state index contributed by atoms with van der Waals surface area (Å²) in [5, 5.41) is 13.4. The number of hydrogen-bond acceptors (Lipinski definition) is 8. The molecule has 3 aromatic heterocycles. The summed E-state index contributed by atoms with van der Waals surface area (Å²) >= 11 is 0. The van der Waals surface area contributed by atoms with Crippen molar-refractivity contribution in [2.75, 3.05) is 11.9 Å². The van der Waals surface area contributed by atoms with Crippen molar-refractivity contribution in [1.29, 1.82) is 5.26 Å². The van der Waals surface area contributed by atoms with E-state index in [9.17, 15) is 22.9 Å². The van der Waals surface area contributed by atoms with E-state index in [1.54, 1.807) is 26.0 Å². The molecule has 5 aromatic rings. The van der Waals surface area contributed by atoms with Crippen LogP contribution in [0, 0.1) is 53.5 Å². The smallest absolute Gasteiger partial charge is 0.311 e. The molecule has 1 N–H and O–H groups in total. The first kappa shape index (κ1) is 32.5. The fourth-order valence-electron chi connectivity index (χ4n) is 7.46. The summed E-state index contributed by atoms with van der Waals surface area (Å²) in [6.45, 7) is 3.67. The Labute approximate surface area is 280 Å². The number of pyridine rings is 1. The predicted molar refractivity (Wildman–Crippen MR) is 174 cm³/mol. The van der Waals surface area contributed by atoms with Gasteiger partial charge in [-0.3, -0.25) is 4.79 Å². The molecule has 2 aromatic carbocycles. The van der Waals surface area contributed by atoms with Gasteiger partial charge >= 0.3 is 5.97 Å². The van der Waals surface area contributed by atoms with Crippen molar-refractivity contribution < 1.29 is 35.5 Å². The van der Waals surface area contributed by atoms with Crippen molar-refractivity contribution >= 4 is 32.7 Å². The summed E-state index contributed by atoms with van der Waals surface area (Å²) in [6.07, 6.45) is 5.61. The first-order valence-corrected chi connectivity index (χ1v) is 17.4. The highest BCUT2D eigenvalue weighted by atomic mass is 32.2. The van der Waals surface area contributed by atoms with Gasteiger partial charge in [0.25, 0.3) is 10.0 Å². The van der Waals surface area contributed by atoms with Crippen LogP contribution in [0.2, 0.25) is 0 Å². The predicted octanol–water partition coefficient (Wildman–Crippen LogP) is 7.58. The Kier molecular flexibility index (Phi) is 8.22. The third kappa shape index (κ3) is 5.44. The van der Waals surface area contributed by atoms with Crippen molar-refractivity contribution in [3.63, 3.8) is 0 Å². The molecule has 3 saturated carbocycles. The Hall–Kier alpha value is -5.09. The number of aromatic nitrogens is 2. The maximum absolute atomic E-state index is 16.7. The van der Waals surface area contributed by atoms with Gasteiger partial charge in [0.05, 0.1) is 40.5 Å². The van der Waals surface area contributed by atoms with Crippen LogP contribution < -0.4 is 5.32 Å². The van der Waals surface area contributed by atoms with Crippen LogP contribution in [0.5, 0.6) is 0 Å². The van der Waals surface area contributed by atoms with Crippen LogP contribution in [0.25, 0.3) is 33.5 Å². The van der Waals surface area contributed by atoms with Gasteiger partial charge in [0.2, 0.25) is 0 Å². The highest BCUT2D eigenvalue weighted by Gasteiger charge is 2.48. The molecule has 2 bridgehead atoms. The second kappa shape index (κ2) is 12.4. The number of nitrogens with zero attached hydrogens (tertiary/aromatic N) is 3. The van der Waals surface area contributed by atoms with Gasteiger partial charge in [-0.25, -0.2) is 30.5 Å². The summed E-state index contributed by atoms with van der Waals surface area (Å²) in [5.41, 5.74) is -0.688. The zero-order valence-corrected chi connectivity index (χ0v) is 27.4. The minimum absolute atomic E-state index is 0.00322. The topological polar surface area (TPSA) is 127 Å². The Balaban J connectivity index is 1.48. The summed E-state index contributed by atoms with van der Waals surface area (Å²) in [6, 6.07) is 11.8. The molecule has 3 aliphatic rings. The summed E-state index contributed by atoms with van der Waals surface area (Å²) in [5.74, 6) is -4.43. The van der Waals surface area contributed by atoms with Crippen LogP contribution in [-0.4, -0.2) is 36.0 Å². The van der Waals surface area contributed by atoms with E-state index in [1.165, 1.54) is 30.5 Å². The molecule has 9 nitrogen and oxygen atoms in total. The van der Waals surface area contributed by atoms with Gasteiger partial charge in [0.1, 0.15) is 23.2 Å². The average Bonchev–Trinajstić information content (AvgIpc) is 3.75. The van der Waals surface area contributed by atoms with Crippen LogP contribution >= 0.6 is 0 Å². The van der Waals surface area contributed by atoms with E-state index in [-0.39, 0.29) is 62.7 Å². The number of carbonyl (C=O) groups excluding carboxylic acids is 1. The molecule has 0 radical (unpaired) electrons. The fourth-order valence-corrected chi connectivity index (χ4v) is 8.83. The number of nitrogens with one attached hydrogen (secondary N) is 1. The van der Waals surface area contributed by atoms with E-state index in [0.29, 0.717) is 10.0 Å². The van der Waals surface area contributed by atoms with E-state index in [1.807, 2.05) is 6.07 Å². The van der Waals surface area contributed by atoms with Crippen molar-refractivity contribution in [1.82, 2.24) is 8.96 Å². The lowest BCUT2D eigenvalue weighted by Gasteiger charge is -2.47. The molecule has 8 rings (SSSR count). The van der Waals surface area contributed by atoms with E-state index in [2.05, 4.69) is 10.3 Å². The normalized spacial score (nSPS) is 20.3. The van der Waals surface area contributed by atoms with Crippen LogP contribution in [0.15, 0.2) is 70.3 Å². The number of hydrogen-bond donors (Lipinski definition) is 1. The number of benzene rings is 2. The van der Waals surface area contributed by atoms with Crippen LogP contribution in [0.3, 0.4) is 0 Å². The van der Waals surface area contributed by atoms with Crippen LogP contribution in [0.1, 0.15) is 43.7 Å². The molecule has 0 aliphatic heterocycles.